The molecular formula is C12H21N3O. The smallest absolute Gasteiger partial charge is 0.242 e. The van der Waals surface area contributed by atoms with E-state index >= 15 is 0 Å². The molecule has 1 amide bonds. The van der Waals surface area contributed by atoms with Gasteiger partial charge in [0.2, 0.25) is 5.91 Å². The average Bonchev–Trinajstić information content (AvgIpc) is 2.68. The van der Waals surface area contributed by atoms with Crippen LogP contribution in [0.25, 0.3) is 0 Å². The molecule has 0 saturated heterocycles. The monoisotopic (exact) mass is 223 g/mol. The van der Waals surface area contributed by atoms with Gasteiger partial charge in [-0.05, 0) is 20.3 Å². The number of aryl methyl sites for hydroxylation is 1. The zero-order chi connectivity index (χ0) is 12.0. The Hall–Kier alpha value is -1.32. The molecule has 0 saturated carbocycles. The molecule has 1 aromatic rings. The number of hydrogen-bond donors (Lipinski definition) is 0. The molecule has 0 aromatic carbocycles. The summed E-state index contributed by atoms with van der Waals surface area (Å²) in [6.07, 6.45) is 5.63. The lowest BCUT2D eigenvalue weighted by Crippen LogP contribution is -2.33. The third-order valence-electron chi connectivity index (χ3n) is 2.70. The SMILES string of the molecule is CCCc1nccn1CC(=O)N(CC)CC. The molecule has 0 spiro atoms. The molecule has 0 aliphatic rings. The number of aromatic nitrogens is 2. The molecule has 0 radical (unpaired) electrons. The van der Waals surface area contributed by atoms with Gasteiger partial charge in [0, 0.05) is 31.9 Å². The fourth-order valence-corrected chi connectivity index (χ4v) is 1.76. The first-order valence-corrected chi connectivity index (χ1v) is 6.00. The van der Waals surface area contributed by atoms with Crippen molar-refractivity contribution < 1.29 is 4.79 Å². The summed E-state index contributed by atoms with van der Waals surface area (Å²) in [4.78, 5) is 18.0. The van der Waals surface area contributed by atoms with E-state index in [1.165, 1.54) is 0 Å². The van der Waals surface area contributed by atoms with E-state index in [0.717, 1.165) is 31.8 Å². The predicted molar refractivity (Wildman–Crippen MR) is 64.2 cm³/mol. The number of carbonyl (C=O) groups is 1. The van der Waals surface area contributed by atoms with Gasteiger partial charge < -0.3 is 9.47 Å². The minimum absolute atomic E-state index is 0.167. The average molecular weight is 223 g/mol. The summed E-state index contributed by atoms with van der Waals surface area (Å²) in [5.74, 6) is 1.17. The van der Waals surface area contributed by atoms with E-state index in [1.54, 1.807) is 6.20 Å². The topological polar surface area (TPSA) is 38.1 Å². The van der Waals surface area contributed by atoms with Crippen molar-refractivity contribution in [3.63, 3.8) is 0 Å². The van der Waals surface area contributed by atoms with Crippen LogP contribution in [-0.4, -0.2) is 33.4 Å². The first-order valence-electron chi connectivity index (χ1n) is 6.00. The second-order valence-electron chi connectivity index (χ2n) is 3.79. The third-order valence-corrected chi connectivity index (χ3v) is 2.70. The van der Waals surface area contributed by atoms with Gasteiger partial charge >= 0.3 is 0 Å². The van der Waals surface area contributed by atoms with Gasteiger partial charge in [-0.1, -0.05) is 6.92 Å². The van der Waals surface area contributed by atoms with Crippen LogP contribution in [0.15, 0.2) is 12.4 Å². The van der Waals surface area contributed by atoms with E-state index in [0.29, 0.717) is 6.54 Å². The molecule has 0 N–H and O–H groups in total. The minimum Gasteiger partial charge on any atom is -0.342 e. The van der Waals surface area contributed by atoms with Gasteiger partial charge in [-0.15, -0.1) is 0 Å². The van der Waals surface area contributed by atoms with Crippen molar-refractivity contribution in [1.29, 1.82) is 0 Å². The van der Waals surface area contributed by atoms with Gasteiger partial charge in [-0.2, -0.15) is 0 Å². The van der Waals surface area contributed by atoms with Crippen LogP contribution >= 0.6 is 0 Å². The molecule has 4 nitrogen and oxygen atoms in total. The summed E-state index contributed by atoms with van der Waals surface area (Å²) in [5.41, 5.74) is 0. The molecule has 1 aromatic heterocycles. The first-order chi connectivity index (χ1) is 7.72. The molecule has 0 fully saturated rings. The highest BCUT2D eigenvalue weighted by molar-refractivity contribution is 5.76. The molecule has 0 aliphatic heterocycles. The van der Waals surface area contributed by atoms with Crippen molar-refractivity contribution in [2.45, 2.75) is 40.2 Å². The standard InChI is InChI=1S/C12H21N3O/c1-4-7-11-13-8-9-15(11)10-12(16)14(5-2)6-3/h8-9H,4-7,10H2,1-3H3. The second-order valence-corrected chi connectivity index (χ2v) is 3.79. The molecule has 1 rings (SSSR count). The Balaban J connectivity index is 2.64. The Labute approximate surface area is 97.3 Å². The maximum atomic E-state index is 11.9. The van der Waals surface area contributed by atoms with Gasteiger partial charge in [0.25, 0.3) is 0 Å². The molecule has 16 heavy (non-hydrogen) atoms. The van der Waals surface area contributed by atoms with Crippen LogP contribution in [0, 0.1) is 0 Å². The quantitative estimate of drug-likeness (QED) is 0.736. The summed E-state index contributed by atoms with van der Waals surface area (Å²) < 4.78 is 1.95. The van der Waals surface area contributed by atoms with E-state index < -0.39 is 0 Å². The van der Waals surface area contributed by atoms with Crippen LogP contribution in [-0.2, 0) is 17.8 Å². The van der Waals surface area contributed by atoms with Gasteiger partial charge in [-0.3, -0.25) is 4.79 Å². The number of carbonyl (C=O) groups excluding carboxylic acids is 1. The molecule has 0 unspecified atom stereocenters. The van der Waals surface area contributed by atoms with Gasteiger partial charge in [0.1, 0.15) is 12.4 Å². The number of hydrogen-bond acceptors (Lipinski definition) is 2. The molecule has 90 valence electrons. The Morgan fingerprint density at radius 3 is 2.62 bits per heavy atom. The lowest BCUT2D eigenvalue weighted by Gasteiger charge is -2.19. The lowest BCUT2D eigenvalue weighted by atomic mass is 10.3. The van der Waals surface area contributed by atoms with Crippen LogP contribution in [0.4, 0.5) is 0 Å². The van der Waals surface area contributed by atoms with Gasteiger partial charge in [0.05, 0.1) is 0 Å². The number of nitrogens with zero attached hydrogens (tertiary/aromatic N) is 3. The largest absolute Gasteiger partial charge is 0.342 e. The van der Waals surface area contributed by atoms with E-state index in [9.17, 15) is 4.79 Å². The molecule has 4 heteroatoms. The number of imidazole rings is 1. The molecular weight excluding hydrogens is 202 g/mol. The van der Waals surface area contributed by atoms with Crippen molar-refractivity contribution in [3.05, 3.63) is 18.2 Å². The zero-order valence-electron chi connectivity index (χ0n) is 10.4. The van der Waals surface area contributed by atoms with Crippen LogP contribution in [0.5, 0.6) is 0 Å². The van der Waals surface area contributed by atoms with Crippen molar-refractivity contribution in [2.24, 2.45) is 0 Å². The third kappa shape index (κ3) is 3.08. The lowest BCUT2D eigenvalue weighted by molar-refractivity contribution is -0.131. The van der Waals surface area contributed by atoms with Crippen LogP contribution in [0.1, 0.15) is 33.0 Å². The highest BCUT2D eigenvalue weighted by Gasteiger charge is 2.11. The first kappa shape index (κ1) is 12.7. The molecule has 0 atom stereocenters. The van der Waals surface area contributed by atoms with Crippen molar-refractivity contribution >= 4 is 5.91 Å². The summed E-state index contributed by atoms with van der Waals surface area (Å²) in [6, 6.07) is 0. The van der Waals surface area contributed by atoms with Crippen LogP contribution in [0.2, 0.25) is 0 Å². The Kier molecular flexibility index (Phi) is 5.02. The Bertz CT molecular complexity index is 329. The molecule has 1 heterocycles. The summed E-state index contributed by atoms with van der Waals surface area (Å²) in [5, 5.41) is 0. The Morgan fingerprint density at radius 1 is 1.38 bits per heavy atom. The highest BCUT2D eigenvalue weighted by Crippen LogP contribution is 2.02. The number of amides is 1. The second kappa shape index (κ2) is 6.30. The van der Waals surface area contributed by atoms with Crippen molar-refractivity contribution in [1.82, 2.24) is 14.5 Å². The van der Waals surface area contributed by atoms with Gasteiger partial charge in [0.15, 0.2) is 0 Å². The Morgan fingerprint density at radius 2 is 2.06 bits per heavy atom. The minimum atomic E-state index is 0.167. The van der Waals surface area contributed by atoms with Crippen LogP contribution < -0.4 is 0 Å². The molecule has 0 aliphatic carbocycles. The predicted octanol–water partition coefficient (Wildman–Crippen LogP) is 1.70. The van der Waals surface area contributed by atoms with E-state index in [-0.39, 0.29) is 5.91 Å². The van der Waals surface area contributed by atoms with Crippen molar-refractivity contribution in [2.75, 3.05) is 13.1 Å². The highest BCUT2D eigenvalue weighted by atomic mass is 16.2. The van der Waals surface area contributed by atoms with Gasteiger partial charge in [-0.25, -0.2) is 4.98 Å². The number of rotatable bonds is 6. The van der Waals surface area contributed by atoms with E-state index in [1.807, 2.05) is 29.5 Å². The summed E-state index contributed by atoms with van der Waals surface area (Å²) >= 11 is 0. The normalized spacial score (nSPS) is 10.4. The zero-order valence-corrected chi connectivity index (χ0v) is 10.4. The maximum absolute atomic E-state index is 11.9. The summed E-state index contributed by atoms with van der Waals surface area (Å²) in [7, 11) is 0. The van der Waals surface area contributed by atoms with Crippen molar-refractivity contribution in [3.8, 4) is 0 Å². The fourth-order valence-electron chi connectivity index (χ4n) is 1.76. The summed E-state index contributed by atoms with van der Waals surface area (Å²) in [6.45, 7) is 8.08. The van der Waals surface area contributed by atoms with Crippen LogP contribution in [0.3, 0.4) is 0 Å². The number of likely N-dealkylation sites (N-methyl/N-ethyl adjacent to an activating group) is 1. The fraction of sp³-hybridized carbons (Fsp3) is 0.667. The van der Waals surface area contributed by atoms with E-state index in [4.69, 9.17) is 0 Å². The molecule has 0 bridgehead atoms. The maximum Gasteiger partial charge on any atom is 0.242 e. The van der Waals surface area contributed by atoms with E-state index in [2.05, 4.69) is 11.9 Å².